The van der Waals surface area contributed by atoms with Crippen molar-refractivity contribution >= 4 is 17.3 Å². The van der Waals surface area contributed by atoms with Gasteiger partial charge in [0.15, 0.2) is 6.10 Å². The molecule has 3 aromatic rings. The third-order valence-corrected chi connectivity index (χ3v) is 4.10. The van der Waals surface area contributed by atoms with Gasteiger partial charge in [0.1, 0.15) is 17.4 Å². The van der Waals surface area contributed by atoms with Crippen molar-refractivity contribution in [1.82, 2.24) is 9.97 Å². The topological polar surface area (TPSA) is 61.3 Å². The maximum atomic E-state index is 12.0. The number of hydrogen-bond acceptors (Lipinski definition) is 6. The molecule has 0 saturated heterocycles. The first-order valence-electron chi connectivity index (χ1n) is 7.46. The Balaban J connectivity index is 1.54. The summed E-state index contributed by atoms with van der Waals surface area (Å²) in [6, 6.07) is 14.8. The van der Waals surface area contributed by atoms with Crippen LogP contribution < -0.4 is 4.74 Å². The summed E-state index contributed by atoms with van der Waals surface area (Å²) in [6.45, 7) is 1.78. The molecule has 1 atom stereocenters. The summed E-state index contributed by atoms with van der Waals surface area (Å²) in [7, 11) is 0. The first kappa shape index (κ1) is 16.1. The minimum absolute atomic E-state index is 0.116. The van der Waals surface area contributed by atoms with Gasteiger partial charge >= 0.3 is 5.97 Å². The maximum Gasteiger partial charge on any atom is 0.347 e. The third kappa shape index (κ3) is 4.17. The van der Waals surface area contributed by atoms with Gasteiger partial charge in [-0.25, -0.2) is 9.78 Å². The highest BCUT2D eigenvalue weighted by molar-refractivity contribution is 7.13. The number of rotatable bonds is 6. The molecule has 0 unspecified atom stereocenters. The Morgan fingerprint density at radius 3 is 2.71 bits per heavy atom. The molecule has 1 aromatic carbocycles. The highest BCUT2D eigenvalue weighted by Crippen LogP contribution is 2.21. The average Bonchev–Trinajstić information content (AvgIpc) is 3.10. The zero-order valence-electron chi connectivity index (χ0n) is 13.1. The molecule has 0 amide bonds. The highest BCUT2D eigenvalue weighted by Gasteiger charge is 2.17. The van der Waals surface area contributed by atoms with E-state index in [2.05, 4.69) is 9.97 Å². The number of hydrogen-bond donors (Lipinski definition) is 0. The molecule has 6 heteroatoms. The SMILES string of the molecule is C[C@H](Oc1ccccc1)C(=O)OCc1csc(-c2ccccn2)n1. The van der Waals surface area contributed by atoms with Crippen LogP contribution in [0.25, 0.3) is 10.7 Å². The Bertz CT molecular complexity index is 790. The van der Waals surface area contributed by atoms with Gasteiger partial charge in [0.2, 0.25) is 0 Å². The quantitative estimate of drug-likeness (QED) is 0.640. The van der Waals surface area contributed by atoms with E-state index in [1.165, 1.54) is 11.3 Å². The van der Waals surface area contributed by atoms with Crippen LogP contribution in [0.5, 0.6) is 5.75 Å². The number of ether oxygens (including phenoxy) is 2. The molecule has 5 nitrogen and oxygen atoms in total. The van der Waals surface area contributed by atoms with E-state index in [0.717, 1.165) is 10.7 Å². The smallest absolute Gasteiger partial charge is 0.347 e. The van der Waals surface area contributed by atoms with Gasteiger partial charge in [0.05, 0.1) is 11.4 Å². The van der Waals surface area contributed by atoms with Gasteiger partial charge in [0, 0.05) is 11.6 Å². The summed E-state index contributed by atoms with van der Waals surface area (Å²) in [5.74, 6) is 0.208. The third-order valence-electron chi connectivity index (χ3n) is 3.19. The lowest BCUT2D eigenvalue weighted by atomic mass is 10.3. The summed E-state index contributed by atoms with van der Waals surface area (Å²) in [5, 5.41) is 2.66. The summed E-state index contributed by atoms with van der Waals surface area (Å²) >= 11 is 1.47. The van der Waals surface area contributed by atoms with Gasteiger partial charge < -0.3 is 9.47 Å². The van der Waals surface area contributed by atoms with Gasteiger partial charge in [-0.1, -0.05) is 24.3 Å². The van der Waals surface area contributed by atoms with Crippen LogP contribution in [0.2, 0.25) is 0 Å². The molecule has 0 N–H and O–H groups in total. The number of pyridine rings is 1. The number of carbonyl (C=O) groups is 1. The first-order valence-corrected chi connectivity index (χ1v) is 8.34. The molecule has 24 heavy (non-hydrogen) atoms. The van der Waals surface area contributed by atoms with Crippen molar-refractivity contribution < 1.29 is 14.3 Å². The van der Waals surface area contributed by atoms with E-state index < -0.39 is 12.1 Å². The van der Waals surface area contributed by atoms with Crippen molar-refractivity contribution in [2.24, 2.45) is 0 Å². The molecular weight excluding hydrogens is 324 g/mol. The number of carbonyl (C=O) groups excluding carboxylic acids is 1. The molecule has 122 valence electrons. The number of para-hydroxylation sites is 1. The summed E-state index contributed by atoms with van der Waals surface area (Å²) in [5.41, 5.74) is 1.50. The highest BCUT2D eigenvalue weighted by atomic mass is 32.1. The lowest BCUT2D eigenvalue weighted by Crippen LogP contribution is -2.26. The van der Waals surface area contributed by atoms with Crippen molar-refractivity contribution in [1.29, 1.82) is 0 Å². The molecule has 0 radical (unpaired) electrons. The second kappa shape index (κ2) is 7.70. The molecule has 0 aliphatic rings. The number of esters is 1. The van der Waals surface area contributed by atoms with Crippen molar-refractivity contribution in [3.63, 3.8) is 0 Å². The Morgan fingerprint density at radius 2 is 1.96 bits per heavy atom. The van der Waals surface area contributed by atoms with E-state index in [1.54, 1.807) is 25.3 Å². The monoisotopic (exact) mass is 340 g/mol. The second-order valence-corrected chi connectivity index (χ2v) is 5.90. The molecular formula is C18H16N2O3S. The summed E-state index contributed by atoms with van der Waals surface area (Å²) in [4.78, 5) is 20.7. The van der Waals surface area contributed by atoms with E-state index >= 15 is 0 Å². The maximum absolute atomic E-state index is 12.0. The number of aromatic nitrogens is 2. The molecule has 2 heterocycles. The predicted molar refractivity (Wildman–Crippen MR) is 91.7 cm³/mol. The average molecular weight is 340 g/mol. The minimum Gasteiger partial charge on any atom is -0.479 e. The predicted octanol–water partition coefficient (Wildman–Crippen LogP) is 3.72. The fourth-order valence-electron chi connectivity index (χ4n) is 1.99. The van der Waals surface area contributed by atoms with E-state index in [4.69, 9.17) is 9.47 Å². The zero-order valence-corrected chi connectivity index (χ0v) is 13.9. The molecule has 2 aromatic heterocycles. The Hall–Kier alpha value is -2.73. The molecule has 0 bridgehead atoms. The number of thiazole rings is 1. The van der Waals surface area contributed by atoms with Crippen LogP contribution in [0.4, 0.5) is 0 Å². The van der Waals surface area contributed by atoms with Crippen LogP contribution in [0.15, 0.2) is 60.1 Å². The first-order chi connectivity index (χ1) is 11.7. The van der Waals surface area contributed by atoms with E-state index in [9.17, 15) is 4.79 Å². The Kier molecular flexibility index (Phi) is 5.18. The zero-order chi connectivity index (χ0) is 16.8. The largest absolute Gasteiger partial charge is 0.479 e. The van der Waals surface area contributed by atoms with Crippen molar-refractivity contribution in [3.8, 4) is 16.5 Å². The Labute approximate surface area is 143 Å². The summed E-state index contributed by atoms with van der Waals surface area (Å²) in [6.07, 6.45) is 1.04. The number of nitrogens with zero attached hydrogens (tertiary/aromatic N) is 2. The molecule has 0 aliphatic carbocycles. The standard InChI is InChI=1S/C18H16N2O3S/c1-13(23-15-7-3-2-4-8-15)18(21)22-11-14-12-24-17(20-14)16-9-5-6-10-19-16/h2-10,12-13H,11H2,1H3/t13-/m0/s1. The van der Waals surface area contributed by atoms with Gasteiger partial charge in [-0.05, 0) is 31.2 Å². The van der Waals surface area contributed by atoms with E-state index in [-0.39, 0.29) is 6.61 Å². The van der Waals surface area contributed by atoms with Crippen LogP contribution >= 0.6 is 11.3 Å². The summed E-state index contributed by atoms with van der Waals surface area (Å²) < 4.78 is 10.8. The van der Waals surface area contributed by atoms with Gasteiger partial charge in [-0.2, -0.15) is 0 Å². The minimum atomic E-state index is -0.679. The van der Waals surface area contributed by atoms with Gasteiger partial charge in [0.25, 0.3) is 0 Å². The normalized spacial score (nSPS) is 11.7. The second-order valence-electron chi connectivity index (χ2n) is 5.04. The van der Waals surface area contributed by atoms with Crippen molar-refractivity contribution in [2.75, 3.05) is 0 Å². The van der Waals surface area contributed by atoms with Crippen LogP contribution in [-0.4, -0.2) is 22.0 Å². The van der Waals surface area contributed by atoms with Crippen LogP contribution in [-0.2, 0) is 16.1 Å². The van der Waals surface area contributed by atoms with E-state index in [1.807, 2.05) is 41.8 Å². The van der Waals surface area contributed by atoms with Crippen molar-refractivity contribution in [2.45, 2.75) is 19.6 Å². The van der Waals surface area contributed by atoms with Crippen LogP contribution in [0, 0.1) is 0 Å². The molecule has 3 rings (SSSR count). The van der Waals surface area contributed by atoms with Crippen molar-refractivity contribution in [3.05, 3.63) is 65.8 Å². The van der Waals surface area contributed by atoms with Crippen LogP contribution in [0.3, 0.4) is 0 Å². The van der Waals surface area contributed by atoms with Gasteiger partial charge in [-0.15, -0.1) is 11.3 Å². The fraction of sp³-hybridized carbons (Fsp3) is 0.167. The number of benzene rings is 1. The molecule has 0 fully saturated rings. The van der Waals surface area contributed by atoms with Gasteiger partial charge in [-0.3, -0.25) is 4.98 Å². The fourth-order valence-corrected chi connectivity index (χ4v) is 2.77. The van der Waals surface area contributed by atoms with E-state index in [0.29, 0.717) is 11.4 Å². The molecule has 0 aliphatic heterocycles. The lowest BCUT2D eigenvalue weighted by molar-refractivity contribution is -0.152. The van der Waals surface area contributed by atoms with Crippen LogP contribution in [0.1, 0.15) is 12.6 Å². The molecule has 0 spiro atoms. The Morgan fingerprint density at radius 1 is 1.17 bits per heavy atom. The lowest BCUT2D eigenvalue weighted by Gasteiger charge is -2.13. The molecule has 0 saturated carbocycles.